The van der Waals surface area contributed by atoms with Crippen molar-refractivity contribution in [1.82, 2.24) is 20.4 Å². The van der Waals surface area contributed by atoms with Crippen LogP contribution in [0.5, 0.6) is 0 Å². The Hall–Kier alpha value is -2.29. The minimum absolute atomic E-state index is 0.0869. The first kappa shape index (κ1) is 22.4. The number of rotatable bonds is 10. The van der Waals surface area contributed by atoms with Crippen LogP contribution in [0, 0.1) is 0 Å². The molecule has 0 atom stereocenters. The smallest absolute Gasteiger partial charge is 0.328 e. The number of hydrogen-bond donors (Lipinski definition) is 3. The molecular weight excluding hydrogens is 384 g/mol. The molecule has 0 saturated carbocycles. The van der Waals surface area contributed by atoms with Gasteiger partial charge in [-0.25, -0.2) is 4.79 Å². The standard InChI is InChI=1S/C22H32N4O4/c27-17-16-25-12-14-26(15-13-25)22(19(28)23-21(30)24-20(22)29)11-7-2-1-4-8-18-9-5-3-6-10-18/h3,5-6,9-10,27H,1-2,4,7-8,11-17H2,(H2,23,24,28,29,30). The van der Waals surface area contributed by atoms with E-state index in [9.17, 15) is 14.4 Å². The first-order valence-corrected chi connectivity index (χ1v) is 10.9. The Bertz CT molecular complexity index is 712. The fraction of sp³-hybridized carbons (Fsp3) is 0.591. The highest BCUT2D eigenvalue weighted by molar-refractivity contribution is 6.22. The molecule has 2 saturated heterocycles. The Labute approximate surface area is 177 Å². The van der Waals surface area contributed by atoms with Crippen LogP contribution in [0.25, 0.3) is 0 Å². The van der Waals surface area contributed by atoms with E-state index >= 15 is 0 Å². The first-order valence-electron chi connectivity index (χ1n) is 10.9. The summed E-state index contributed by atoms with van der Waals surface area (Å²) in [7, 11) is 0. The number of amides is 4. The van der Waals surface area contributed by atoms with Crippen molar-refractivity contribution in [2.75, 3.05) is 39.3 Å². The Morgan fingerprint density at radius 1 is 0.867 bits per heavy atom. The van der Waals surface area contributed by atoms with Crippen LogP contribution >= 0.6 is 0 Å². The quantitative estimate of drug-likeness (QED) is 0.387. The van der Waals surface area contributed by atoms with Gasteiger partial charge in [-0.3, -0.25) is 30.0 Å². The van der Waals surface area contributed by atoms with E-state index in [4.69, 9.17) is 5.11 Å². The fourth-order valence-corrected chi connectivity index (χ4v) is 4.42. The lowest BCUT2D eigenvalue weighted by Crippen LogP contribution is -2.74. The third-order valence-electron chi connectivity index (χ3n) is 6.13. The number of aryl methyl sites for hydroxylation is 1. The molecule has 8 heteroatoms. The number of unbranched alkanes of at least 4 members (excludes halogenated alkanes) is 3. The molecule has 8 nitrogen and oxygen atoms in total. The molecule has 164 valence electrons. The van der Waals surface area contributed by atoms with Crippen molar-refractivity contribution in [1.29, 1.82) is 0 Å². The molecule has 2 aliphatic heterocycles. The molecule has 0 aromatic heterocycles. The number of β-amino-alcohol motifs (C(OH)–C–C–N with tert-alkyl or cyclic N) is 1. The van der Waals surface area contributed by atoms with Crippen molar-refractivity contribution >= 4 is 17.8 Å². The molecule has 0 bridgehead atoms. The summed E-state index contributed by atoms with van der Waals surface area (Å²) in [5.41, 5.74) is -0.0159. The van der Waals surface area contributed by atoms with Crippen molar-refractivity contribution in [3.05, 3.63) is 35.9 Å². The van der Waals surface area contributed by atoms with Crippen LogP contribution in [0.3, 0.4) is 0 Å². The van der Waals surface area contributed by atoms with E-state index in [-0.39, 0.29) is 6.61 Å². The summed E-state index contributed by atoms with van der Waals surface area (Å²) in [4.78, 5) is 41.4. The van der Waals surface area contributed by atoms with E-state index in [1.807, 2.05) is 23.1 Å². The number of imide groups is 2. The van der Waals surface area contributed by atoms with Crippen LogP contribution in [-0.4, -0.2) is 77.6 Å². The highest BCUT2D eigenvalue weighted by Crippen LogP contribution is 2.28. The average Bonchev–Trinajstić information content (AvgIpc) is 2.74. The van der Waals surface area contributed by atoms with E-state index in [0.29, 0.717) is 39.1 Å². The van der Waals surface area contributed by atoms with E-state index in [2.05, 4.69) is 27.7 Å². The second kappa shape index (κ2) is 10.7. The van der Waals surface area contributed by atoms with E-state index in [0.717, 1.165) is 32.1 Å². The van der Waals surface area contributed by atoms with Crippen molar-refractivity contribution in [2.45, 2.75) is 44.1 Å². The van der Waals surface area contributed by atoms with Gasteiger partial charge >= 0.3 is 6.03 Å². The van der Waals surface area contributed by atoms with Crippen molar-refractivity contribution in [3.8, 4) is 0 Å². The molecule has 0 unspecified atom stereocenters. The first-order chi connectivity index (χ1) is 14.6. The molecule has 2 fully saturated rings. The van der Waals surface area contributed by atoms with Gasteiger partial charge in [-0.05, 0) is 24.8 Å². The third kappa shape index (κ3) is 5.24. The largest absolute Gasteiger partial charge is 0.395 e. The molecule has 1 aromatic rings. The average molecular weight is 417 g/mol. The number of aliphatic hydroxyl groups excluding tert-OH is 1. The normalized spacial score (nSPS) is 20.1. The van der Waals surface area contributed by atoms with Crippen molar-refractivity contribution in [2.24, 2.45) is 0 Å². The number of nitrogens with one attached hydrogen (secondary N) is 2. The van der Waals surface area contributed by atoms with Gasteiger partial charge < -0.3 is 5.11 Å². The zero-order valence-electron chi connectivity index (χ0n) is 17.4. The summed E-state index contributed by atoms with van der Waals surface area (Å²) >= 11 is 0. The number of nitrogens with zero attached hydrogens (tertiary/aromatic N) is 2. The highest BCUT2D eigenvalue weighted by Gasteiger charge is 2.54. The summed E-state index contributed by atoms with van der Waals surface area (Å²) in [5, 5.41) is 13.7. The van der Waals surface area contributed by atoms with Crippen molar-refractivity contribution in [3.63, 3.8) is 0 Å². The maximum absolute atomic E-state index is 12.9. The maximum Gasteiger partial charge on any atom is 0.328 e. The summed E-state index contributed by atoms with van der Waals surface area (Å²) in [6.45, 7) is 3.11. The van der Waals surface area contributed by atoms with Gasteiger partial charge in [-0.2, -0.15) is 0 Å². The number of aliphatic hydroxyl groups is 1. The lowest BCUT2D eigenvalue weighted by Gasteiger charge is -2.46. The van der Waals surface area contributed by atoms with Crippen LogP contribution in [0.2, 0.25) is 0 Å². The van der Waals surface area contributed by atoms with E-state index in [1.165, 1.54) is 5.56 Å². The molecule has 0 spiro atoms. The zero-order chi connectivity index (χ0) is 21.4. The SMILES string of the molecule is O=C1NC(=O)C(CCCCCCc2ccccc2)(N2CCN(CCO)CC2)C(=O)N1. The molecule has 3 rings (SSSR count). The maximum atomic E-state index is 12.9. The van der Waals surface area contributed by atoms with Crippen LogP contribution in [0.4, 0.5) is 4.79 Å². The summed E-state index contributed by atoms with van der Waals surface area (Å²) in [5.74, 6) is -1.03. The van der Waals surface area contributed by atoms with Gasteiger partial charge in [0.05, 0.1) is 6.61 Å². The summed E-state index contributed by atoms with van der Waals surface area (Å²) in [6.07, 6.45) is 5.16. The summed E-state index contributed by atoms with van der Waals surface area (Å²) in [6, 6.07) is 9.60. The van der Waals surface area contributed by atoms with Gasteiger partial charge in [0, 0.05) is 32.7 Å². The predicted octanol–water partition coefficient (Wildman–Crippen LogP) is 0.894. The van der Waals surface area contributed by atoms with Crippen LogP contribution < -0.4 is 10.6 Å². The minimum Gasteiger partial charge on any atom is -0.395 e. The number of carbonyl (C=O) groups is 3. The predicted molar refractivity (Wildman–Crippen MR) is 113 cm³/mol. The Morgan fingerprint density at radius 2 is 1.50 bits per heavy atom. The Kier molecular flexibility index (Phi) is 7.95. The number of carbonyl (C=O) groups excluding carboxylic acids is 3. The number of hydrogen-bond acceptors (Lipinski definition) is 6. The second-order valence-electron chi connectivity index (χ2n) is 8.05. The monoisotopic (exact) mass is 416 g/mol. The van der Waals surface area contributed by atoms with Gasteiger partial charge in [-0.15, -0.1) is 0 Å². The number of benzene rings is 1. The van der Waals surface area contributed by atoms with Gasteiger partial charge in [-0.1, -0.05) is 49.6 Å². The number of piperazine rings is 1. The fourth-order valence-electron chi connectivity index (χ4n) is 4.42. The second-order valence-corrected chi connectivity index (χ2v) is 8.05. The highest BCUT2D eigenvalue weighted by atomic mass is 16.3. The van der Waals surface area contributed by atoms with Crippen LogP contribution in [0.1, 0.15) is 37.7 Å². The van der Waals surface area contributed by atoms with Crippen molar-refractivity contribution < 1.29 is 19.5 Å². The van der Waals surface area contributed by atoms with Gasteiger partial charge in [0.1, 0.15) is 0 Å². The molecule has 30 heavy (non-hydrogen) atoms. The van der Waals surface area contributed by atoms with Gasteiger partial charge in [0.25, 0.3) is 11.8 Å². The zero-order valence-corrected chi connectivity index (χ0v) is 17.4. The Morgan fingerprint density at radius 3 is 2.13 bits per heavy atom. The lowest BCUT2D eigenvalue weighted by molar-refractivity contribution is -0.150. The third-order valence-corrected chi connectivity index (χ3v) is 6.13. The number of barbiturate groups is 1. The van der Waals surface area contributed by atoms with E-state index < -0.39 is 23.4 Å². The molecule has 1 aromatic carbocycles. The van der Waals surface area contributed by atoms with E-state index in [1.54, 1.807) is 0 Å². The molecule has 4 amide bonds. The van der Waals surface area contributed by atoms with Crippen LogP contribution in [-0.2, 0) is 16.0 Å². The Balaban J connectivity index is 1.56. The molecular formula is C22H32N4O4. The number of urea groups is 1. The molecule has 2 heterocycles. The molecule has 2 aliphatic rings. The van der Waals surface area contributed by atoms with Gasteiger partial charge in [0.15, 0.2) is 5.54 Å². The molecule has 0 radical (unpaired) electrons. The topological polar surface area (TPSA) is 102 Å². The molecule has 3 N–H and O–H groups in total. The minimum atomic E-state index is -1.33. The van der Waals surface area contributed by atoms with Gasteiger partial charge in [0.2, 0.25) is 0 Å². The van der Waals surface area contributed by atoms with Crippen LogP contribution in [0.15, 0.2) is 30.3 Å². The molecule has 0 aliphatic carbocycles. The summed E-state index contributed by atoms with van der Waals surface area (Å²) < 4.78 is 0. The lowest BCUT2D eigenvalue weighted by atomic mass is 9.85.